The Kier molecular flexibility index (Phi) is 3.44. The highest BCUT2D eigenvalue weighted by atomic mass is 16.7. The van der Waals surface area contributed by atoms with Crippen LogP contribution in [0.2, 0.25) is 0 Å². The second-order valence-electron chi connectivity index (χ2n) is 6.54. The van der Waals surface area contributed by atoms with Crippen LogP contribution in [0.15, 0.2) is 42.7 Å². The summed E-state index contributed by atoms with van der Waals surface area (Å²) in [4.78, 5) is 11.4. The van der Waals surface area contributed by atoms with Gasteiger partial charge in [0.15, 0.2) is 11.5 Å². The van der Waals surface area contributed by atoms with Gasteiger partial charge in [0, 0.05) is 18.5 Å². The topological polar surface area (TPSA) is 47.5 Å². The highest BCUT2D eigenvalue weighted by molar-refractivity contribution is 5.93. The van der Waals surface area contributed by atoms with Crippen molar-refractivity contribution in [3.8, 4) is 22.6 Å². The van der Waals surface area contributed by atoms with Gasteiger partial charge < -0.3 is 14.4 Å². The summed E-state index contributed by atoms with van der Waals surface area (Å²) in [6.45, 7) is 2.43. The first-order valence-corrected chi connectivity index (χ1v) is 8.78. The zero-order valence-electron chi connectivity index (χ0n) is 13.9. The van der Waals surface area contributed by atoms with Crippen LogP contribution in [0.3, 0.4) is 0 Å². The molecule has 1 saturated heterocycles. The van der Waals surface area contributed by atoms with Crippen molar-refractivity contribution in [2.45, 2.75) is 19.3 Å². The molecule has 0 spiro atoms. The Morgan fingerprint density at radius 3 is 2.52 bits per heavy atom. The van der Waals surface area contributed by atoms with Gasteiger partial charge in [0.05, 0.1) is 5.52 Å². The molecule has 1 aromatic heterocycles. The molecule has 25 heavy (non-hydrogen) atoms. The summed E-state index contributed by atoms with van der Waals surface area (Å²) in [5.74, 6) is 2.66. The number of benzene rings is 2. The third-order valence-electron chi connectivity index (χ3n) is 4.98. The lowest BCUT2D eigenvalue weighted by atomic mass is 10.0. The van der Waals surface area contributed by atoms with E-state index >= 15 is 0 Å². The van der Waals surface area contributed by atoms with Crippen LogP contribution in [0.4, 0.5) is 5.82 Å². The maximum atomic E-state index is 5.51. The summed E-state index contributed by atoms with van der Waals surface area (Å²) in [5.41, 5.74) is 3.23. The molecular formula is C20H19N3O2. The molecule has 5 heteroatoms. The Morgan fingerprint density at radius 2 is 1.60 bits per heavy atom. The van der Waals surface area contributed by atoms with Crippen molar-refractivity contribution in [3.63, 3.8) is 0 Å². The molecule has 5 nitrogen and oxygen atoms in total. The van der Waals surface area contributed by atoms with Gasteiger partial charge in [-0.3, -0.25) is 0 Å². The molecule has 0 atom stereocenters. The highest BCUT2D eigenvalue weighted by Crippen LogP contribution is 2.37. The number of aromatic nitrogens is 2. The first-order valence-electron chi connectivity index (χ1n) is 8.78. The van der Waals surface area contributed by atoms with E-state index in [1.54, 1.807) is 6.33 Å². The van der Waals surface area contributed by atoms with E-state index < -0.39 is 0 Å². The second kappa shape index (κ2) is 5.92. The minimum Gasteiger partial charge on any atom is -0.454 e. The minimum atomic E-state index is 0.295. The normalized spacial score (nSPS) is 16.4. The SMILES string of the molecule is c1nc(N2CCCCC2)c2cc(-c3ccc4c(c3)OCO4)ccc2n1. The van der Waals surface area contributed by atoms with Gasteiger partial charge in [0.25, 0.3) is 0 Å². The number of nitrogens with zero attached hydrogens (tertiary/aromatic N) is 3. The minimum absolute atomic E-state index is 0.295. The number of ether oxygens (including phenoxy) is 2. The average Bonchev–Trinajstić information content (AvgIpc) is 3.15. The van der Waals surface area contributed by atoms with Gasteiger partial charge in [-0.05, 0) is 54.7 Å². The van der Waals surface area contributed by atoms with Crippen LogP contribution in [0.1, 0.15) is 19.3 Å². The maximum Gasteiger partial charge on any atom is 0.231 e. The van der Waals surface area contributed by atoms with Crippen LogP contribution in [0.25, 0.3) is 22.0 Å². The number of hydrogen-bond acceptors (Lipinski definition) is 5. The summed E-state index contributed by atoms with van der Waals surface area (Å²) in [5, 5.41) is 1.11. The fourth-order valence-electron chi connectivity index (χ4n) is 3.66. The molecule has 0 aliphatic carbocycles. The van der Waals surface area contributed by atoms with Crippen molar-refractivity contribution < 1.29 is 9.47 Å². The zero-order chi connectivity index (χ0) is 16.6. The van der Waals surface area contributed by atoms with Gasteiger partial charge in [-0.15, -0.1) is 0 Å². The molecule has 1 fully saturated rings. The van der Waals surface area contributed by atoms with Gasteiger partial charge in [-0.2, -0.15) is 0 Å². The van der Waals surface area contributed by atoms with Crippen LogP contribution in [-0.2, 0) is 0 Å². The summed E-state index contributed by atoms with van der Waals surface area (Å²) < 4.78 is 10.9. The number of piperidine rings is 1. The molecule has 0 saturated carbocycles. The van der Waals surface area contributed by atoms with Crippen molar-refractivity contribution in [2.75, 3.05) is 24.8 Å². The number of anilines is 1. The van der Waals surface area contributed by atoms with E-state index in [-0.39, 0.29) is 0 Å². The smallest absolute Gasteiger partial charge is 0.231 e. The van der Waals surface area contributed by atoms with E-state index in [2.05, 4.69) is 39.1 Å². The first kappa shape index (κ1) is 14.5. The molecule has 0 amide bonds. The molecule has 0 unspecified atom stereocenters. The largest absolute Gasteiger partial charge is 0.454 e. The first-order chi connectivity index (χ1) is 12.4. The fourth-order valence-corrected chi connectivity index (χ4v) is 3.66. The maximum absolute atomic E-state index is 5.51. The Morgan fingerprint density at radius 1 is 0.800 bits per heavy atom. The van der Waals surface area contributed by atoms with E-state index in [0.29, 0.717) is 6.79 Å². The quantitative estimate of drug-likeness (QED) is 0.709. The predicted octanol–water partition coefficient (Wildman–Crippen LogP) is 4.02. The van der Waals surface area contributed by atoms with E-state index in [1.165, 1.54) is 19.3 Å². The van der Waals surface area contributed by atoms with E-state index in [4.69, 9.17) is 9.47 Å². The molecule has 3 aromatic rings. The van der Waals surface area contributed by atoms with Gasteiger partial charge in [-0.25, -0.2) is 9.97 Å². The molecule has 3 heterocycles. The Balaban J connectivity index is 1.60. The lowest BCUT2D eigenvalue weighted by molar-refractivity contribution is 0.174. The van der Waals surface area contributed by atoms with Crippen molar-refractivity contribution in [2.24, 2.45) is 0 Å². The van der Waals surface area contributed by atoms with Crippen molar-refractivity contribution in [1.29, 1.82) is 0 Å². The number of fused-ring (bicyclic) bond motifs is 2. The molecule has 2 aromatic carbocycles. The third kappa shape index (κ3) is 2.56. The van der Waals surface area contributed by atoms with Crippen molar-refractivity contribution >= 4 is 16.7 Å². The highest BCUT2D eigenvalue weighted by Gasteiger charge is 2.17. The van der Waals surface area contributed by atoms with Crippen LogP contribution < -0.4 is 14.4 Å². The lowest BCUT2D eigenvalue weighted by Gasteiger charge is -2.28. The molecule has 0 N–H and O–H groups in total. The molecular weight excluding hydrogens is 314 g/mol. The number of hydrogen-bond donors (Lipinski definition) is 0. The summed E-state index contributed by atoms with van der Waals surface area (Å²) >= 11 is 0. The van der Waals surface area contributed by atoms with Gasteiger partial charge in [0.2, 0.25) is 6.79 Å². The Bertz CT molecular complexity index is 935. The van der Waals surface area contributed by atoms with Gasteiger partial charge in [-0.1, -0.05) is 12.1 Å². The predicted molar refractivity (Wildman–Crippen MR) is 97.2 cm³/mol. The standard InChI is InChI=1S/C20H19N3O2/c1-2-8-23(9-3-1)20-16-10-14(4-6-17(16)21-12-22-20)15-5-7-18-19(11-15)25-13-24-18/h4-7,10-12H,1-3,8-9,13H2. The van der Waals surface area contributed by atoms with E-state index in [1.807, 2.05) is 12.1 Å². The van der Waals surface area contributed by atoms with Crippen molar-refractivity contribution in [1.82, 2.24) is 9.97 Å². The lowest BCUT2D eigenvalue weighted by Crippen LogP contribution is -2.30. The van der Waals surface area contributed by atoms with E-state index in [9.17, 15) is 0 Å². The molecule has 5 rings (SSSR count). The monoisotopic (exact) mass is 333 g/mol. The molecule has 0 bridgehead atoms. The van der Waals surface area contributed by atoms with Gasteiger partial charge >= 0.3 is 0 Å². The number of rotatable bonds is 2. The molecule has 0 radical (unpaired) electrons. The second-order valence-corrected chi connectivity index (χ2v) is 6.54. The molecule has 126 valence electrons. The Labute approximate surface area is 146 Å². The molecule has 2 aliphatic rings. The van der Waals surface area contributed by atoms with Crippen molar-refractivity contribution in [3.05, 3.63) is 42.7 Å². The van der Waals surface area contributed by atoms with Crippen LogP contribution in [0, 0.1) is 0 Å². The average molecular weight is 333 g/mol. The summed E-state index contributed by atoms with van der Waals surface area (Å²) in [7, 11) is 0. The van der Waals surface area contributed by atoms with E-state index in [0.717, 1.165) is 52.4 Å². The van der Waals surface area contributed by atoms with Gasteiger partial charge in [0.1, 0.15) is 12.1 Å². The van der Waals surface area contributed by atoms with Crippen LogP contribution >= 0.6 is 0 Å². The summed E-state index contributed by atoms with van der Waals surface area (Å²) in [6.07, 6.45) is 5.44. The summed E-state index contributed by atoms with van der Waals surface area (Å²) in [6, 6.07) is 12.4. The van der Waals surface area contributed by atoms with Crippen LogP contribution in [0.5, 0.6) is 11.5 Å². The zero-order valence-corrected chi connectivity index (χ0v) is 13.9. The van der Waals surface area contributed by atoms with Crippen LogP contribution in [-0.4, -0.2) is 29.9 Å². The fraction of sp³-hybridized carbons (Fsp3) is 0.300. The Hall–Kier alpha value is -2.82. The molecule has 2 aliphatic heterocycles. The third-order valence-corrected chi connectivity index (χ3v) is 4.98.